The molecular weight excluding hydrogens is 592 g/mol. The van der Waals surface area contributed by atoms with Gasteiger partial charge in [0.05, 0.1) is 48.8 Å². The van der Waals surface area contributed by atoms with Crippen LogP contribution in [0.5, 0.6) is 23.0 Å². The van der Waals surface area contributed by atoms with Crippen molar-refractivity contribution in [3.05, 3.63) is 77.4 Å². The number of ketones is 1. The van der Waals surface area contributed by atoms with Gasteiger partial charge < -0.3 is 24.1 Å². The highest BCUT2D eigenvalue weighted by Gasteiger charge is 2.48. The van der Waals surface area contributed by atoms with Gasteiger partial charge in [0.2, 0.25) is 0 Å². The molecule has 1 fully saturated rings. The summed E-state index contributed by atoms with van der Waals surface area (Å²) in [6.45, 7) is 9.61. The molecule has 2 heterocycles. The zero-order chi connectivity index (χ0) is 32.1. The van der Waals surface area contributed by atoms with Gasteiger partial charge in [-0.15, -0.1) is 0 Å². The van der Waals surface area contributed by atoms with E-state index in [0.29, 0.717) is 70.5 Å². The number of carbonyl (C=O) groups excluding carboxylic acids is 2. The van der Waals surface area contributed by atoms with Crippen molar-refractivity contribution in [1.29, 1.82) is 0 Å². The van der Waals surface area contributed by atoms with E-state index in [0.717, 1.165) is 17.5 Å². The third-order valence-electron chi connectivity index (χ3n) is 7.37. The van der Waals surface area contributed by atoms with Gasteiger partial charge >= 0.3 is 5.91 Å². The molecule has 1 unspecified atom stereocenters. The monoisotopic (exact) mass is 630 g/mol. The molecule has 1 aliphatic rings. The van der Waals surface area contributed by atoms with Crippen molar-refractivity contribution in [1.82, 2.24) is 4.98 Å². The Labute approximate surface area is 267 Å². The second-order valence-electron chi connectivity index (χ2n) is 11.0. The van der Waals surface area contributed by atoms with Crippen molar-refractivity contribution in [3.8, 4) is 23.0 Å². The standard InChI is InChI=1S/C35H38N2O7S/c1-6-17-43-24-11-8-22(9-12-24)32(38)30-31(23-10-15-27(28(19-23)42-7-2)44-18-16-21(3)4)37(34(40)33(30)39)35-36-26-14-13-25(41-5)20-29(26)45-35/h8-15,19-21,31,38H,6-7,16-18H2,1-5H3/b32-30+. The van der Waals surface area contributed by atoms with Crippen LogP contribution in [0.2, 0.25) is 0 Å². The van der Waals surface area contributed by atoms with Gasteiger partial charge in [-0.1, -0.05) is 38.2 Å². The minimum atomic E-state index is -0.979. The summed E-state index contributed by atoms with van der Waals surface area (Å²) >= 11 is 1.26. The minimum absolute atomic E-state index is 0.0463. The lowest BCUT2D eigenvalue weighted by Crippen LogP contribution is -2.29. The van der Waals surface area contributed by atoms with Crippen LogP contribution in [-0.2, 0) is 9.59 Å². The van der Waals surface area contributed by atoms with Gasteiger partial charge in [-0.25, -0.2) is 4.98 Å². The SMILES string of the molecule is CCCOc1ccc(/C(O)=C2\C(=O)C(=O)N(c3nc4ccc(OC)cc4s3)C2c2ccc(OCCC(C)C)c(OCC)c2)cc1. The van der Waals surface area contributed by atoms with Gasteiger partial charge in [-0.3, -0.25) is 14.5 Å². The number of aliphatic hydroxyl groups excluding tert-OH is 1. The highest BCUT2D eigenvalue weighted by molar-refractivity contribution is 7.22. The van der Waals surface area contributed by atoms with E-state index in [9.17, 15) is 14.7 Å². The lowest BCUT2D eigenvalue weighted by Gasteiger charge is -2.24. The average molecular weight is 631 g/mol. The van der Waals surface area contributed by atoms with E-state index in [2.05, 4.69) is 13.8 Å². The number of Topliss-reactive ketones (excluding diaryl/α,β-unsaturated/α-hetero) is 1. The Morgan fingerprint density at radius 1 is 0.933 bits per heavy atom. The molecule has 0 spiro atoms. The molecule has 1 atom stereocenters. The van der Waals surface area contributed by atoms with E-state index >= 15 is 0 Å². The molecular formula is C35H38N2O7S. The highest BCUT2D eigenvalue weighted by Crippen LogP contribution is 2.46. The number of aliphatic hydroxyl groups is 1. The lowest BCUT2D eigenvalue weighted by molar-refractivity contribution is -0.132. The molecule has 5 rings (SSSR count). The number of nitrogens with zero attached hydrogens (tertiary/aromatic N) is 2. The molecule has 236 valence electrons. The van der Waals surface area contributed by atoms with Crippen LogP contribution >= 0.6 is 11.3 Å². The number of aromatic nitrogens is 1. The maximum Gasteiger partial charge on any atom is 0.301 e. The molecule has 9 nitrogen and oxygen atoms in total. The van der Waals surface area contributed by atoms with Gasteiger partial charge in [-0.2, -0.15) is 0 Å². The van der Waals surface area contributed by atoms with Crippen molar-refractivity contribution in [3.63, 3.8) is 0 Å². The van der Waals surface area contributed by atoms with E-state index in [1.165, 1.54) is 16.2 Å². The van der Waals surface area contributed by atoms with E-state index < -0.39 is 17.7 Å². The number of amides is 1. The molecule has 0 bridgehead atoms. The maximum absolute atomic E-state index is 13.8. The lowest BCUT2D eigenvalue weighted by atomic mass is 9.95. The summed E-state index contributed by atoms with van der Waals surface area (Å²) in [6.07, 6.45) is 1.73. The summed E-state index contributed by atoms with van der Waals surface area (Å²) in [5, 5.41) is 11.9. The van der Waals surface area contributed by atoms with Gasteiger partial charge in [0.25, 0.3) is 5.78 Å². The maximum atomic E-state index is 13.8. The fourth-order valence-corrected chi connectivity index (χ4v) is 6.06. The predicted molar refractivity (Wildman–Crippen MR) is 176 cm³/mol. The number of anilines is 1. The second-order valence-corrected chi connectivity index (χ2v) is 12.1. The molecule has 0 saturated carbocycles. The third-order valence-corrected chi connectivity index (χ3v) is 8.39. The highest BCUT2D eigenvalue weighted by atomic mass is 32.1. The fourth-order valence-electron chi connectivity index (χ4n) is 5.04. The average Bonchev–Trinajstić information content (AvgIpc) is 3.57. The van der Waals surface area contributed by atoms with Crippen LogP contribution in [0.15, 0.2) is 66.2 Å². The van der Waals surface area contributed by atoms with Gasteiger partial charge in [0, 0.05) is 5.56 Å². The Morgan fingerprint density at radius 3 is 2.38 bits per heavy atom. The topological polar surface area (TPSA) is 107 Å². The fraction of sp³-hybridized carbons (Fsp3) is 0.343. The van der Waals surface area contributed by atoms with E-state index in [1.54, 1.807) is 61.7 Å². The van der Waals surface area contributed by atoms with Crippen LogP contribution in [0.4, 0.5) is 5.13 Å². The minimum Gasteiger partial charge on any atom is -0.507 e. The molecule has 10 heteroatoms. The molecule has 0 radical (unpaired) electrons. The number of fused-ring (bicyclic) bond motifs is 1. The van der Waals surface area contributed by atoms with E-state index in [4.69, 9.17) is 23.9 Å². The molecule has 3 aromatic carbocycles. The van der Waals surface area contributed by atoms with Crippen LogP contribution in [0.1, 0.15) is 57.7 Å². The van der Waals surface area contributed by atoms with Crippen LogP contribution in [0, 0.1) is 5.92 Å². The molecule has 1 saturated heterocycles. The normalized spacial score (nSPS) is 16.0. The molecule has 45 heavy (non-hydrogen) atoms. The van der Waals surface area contributed by atoms with Crippen molar-refractivity contribution in [2.75, 3.05) is 31.8 Å². The summed E-state index contributed by atoms with van der Waals surface area (Å²) in [5.74, 6) is 0.925. The Balaban J connectivity index is 1.64. The first kappa shape index (κ1) is 31.8. The molecule has 0 aliphatic carbocycles. The molecule has 4 aromatic rings. The molecule has 1 N–H and O–H groups in total. The first-order valence-corrected chi connectivity index (χ1v) is 16.0. The first-order chi connectivity index (χ1) is 21.7. The van der Waals surface area contributed by atoms with Gasteiger partial charge in [0.1, 0.15) is 17.3 Å². The third kappa shape index (κ3) is 6.76. The smallest absolute Gasteiger partial charge is 0.301 e. The number of hydrogen-bond acceptors (Lipinski definition) is 9. The predicted octanol–water partition coefficient (Wildman–Crippen LogP) is 7.54. The number of ether oxygens (including phenoxy) is 4. The van der Waals surface area contributed by atoms with Crippen LogP contribution in [0.3, 0.4) is 0 Å². The number of benzene rings is 3. The number of hydrogen-bond donors (Lipinski definition) is 1. The van der Waals surface area contributed by atoms with Gasteiger partial charge in [0.15, 0.2) is 16.6 Å². The summed E-state index contributed by atoms with van der Waals surface area (Å²) in [4.78, 5) is 33.6. The number of methoxy groups -OCH3 is 1. The zero-order valence-electron chi connectivity index (χ0n) is 26.2. The van der Waals surface area contributed by atoms with Crippen molar-refractivity contribution < 1.29 is 33.6 Å². The molecule has 1 amide bonds. The Hall–Kier alpha value is -4.57. The Kier molecular flexibility index (Phi) is 9.93. The Bertz CT molecular complexity index is 1710. The first-order valence-electron chi connectivity index (χ1n) is 15.1. The van der Waals surface area contributed by atoms with Crippen molar-refractivity contribution in [2.45, 2.75) is 46.6 Å². The summed E-state index contributed by atoms with van der Waals surface area (Å²) in [6, 6.07) is 16.6. The van der Waals surface area contributed by atoms with Crippen molar-refractivity contribution >= 4 is 44.1 Å². The quantitative estimate of drug-likeness (QED) is 0.0917. The van der Waals surface area contributed by atoms with Crippen LogP contribution in [0.25, 0.3) is 16.0 Å². The van der Waals surface area contributed by atoms with Crippen LogP contribution in [-0.4, -0.2) is 48.7 Å². The molecule has 1 aromatic heterocycles. The summed E-state index contributed by atoms with van der Waals surface area (Å²) < 4.78 is 23.8. The molecule has 1 aliphatic heterocycles. The summed E-state index contributed by atoms with van der Waals surface area (Å²) in [5.41, 5.74) is 1.56. The van der Waals surface area contributed by atoms with Crippen molar-refractivity contribution in [2.24, 2.45) is 5.92 Å². The Morgan fingerprint density at radius 2 is 1.69 bits per heavy atom. The number of carbonyl (C=O) groups is 2. The number of thiazole rings is 1. The van der Waals surface area contributed by atoms with Crippen LogP contribution < -0.4 is 23.8 Å². The van der Waals surface area contributed by atoms with E-state index in [-0.39, 0.29) is 11.3 Å². The largest absolute Gasteiger partial charge is 0.507 e. The van der Waals surface area contributed by atoms with Gasteiger partial charge in [-0.05, 0) is 85.8 Å². The zero-order valence-corrected chi connectivity index (χ0v) is 27.0. The second kappa shape index (κ2) is 14.0. The summed E-state index contributed by atoms with van der Waals surface area (Å²) in [7, 11) is 1.58. The number of rotatable bonds is 13. The van der Waals surface area contributed by atoms with E-state index in [1.807, 2.05) is 19.9 Å².